The third-order valence-electron chi connectivity index (χ3n) is 3.96. The average Bonchev–Trinajstić information content (AvgIpc) is 2.85. The molecule has 1 aliphatic heterocycles. The largest absolute Gasteiger partial charge is 0.342 e. The van der Waals surface area contributed by atoms with Crippen molar-refractivity contribution in [2.45, 2.75) is 33.1 Å². The maximum atomic E-state index is 12.3. The molecule has 0 bridgehead atoms. The molecule has 118 valence electrons. The molecule has 7 heteroatoms. The summed E-state index contributed by atoms with van der Waals surface area (Å²) in [7, 11) is 1.63. The SMILES string of the molecule is CC(C)=Cn1c(N2CCCCC2)nc2c1c(=O)[nH]c(=O)n2C. The van der Waals surface area contributed by atoms with E-state index in [0.29, 0.717) is 11.2 Å². The number of nitrogens with zero attached hydrogens (tertiary/aromatic N) is 4. The first-order chi connectivity index (χ1) is 10.5. The van der Waals surface area contributed by atoms with Crippen molar-refractivity contribution in [3.8, 4) is 0 Å². The highest BCUT2D eigenvalue weighted by molar-refractivity contribution is 5.77. The third-order valence-corrected chi connectivity index (χ3v) is 3.96. The highest BCUT2D eigenvalue weighted by Gasteiger charge is 2.21. The first-order valence-electron chi connectivity index (χ1n) is 7.60. The molecule has 0 aromatic carbocycles. The van der Waals surface area contributed by atoms with E-state index in [4.69, 9.17) is 0 Å². The van der Waals surface area contributed by atoms with E-state index in [1.165, 1.54) is 11.0 Å². The van der Waals surface area contributed by atoms with Crippen LogP contribution in [0.2, 0.25) is 0 Å². The van der Waals surface area contributed by atoms with Crippen LogP contribution in [0.5, 0.6) is 0 Å². The van der Waals surface area contributed by atoms with Gasteiger partial charge in [-0.15, -0.1) is 0 Å². The second kappa shape index (κ2) is 5.47. The Morgan fingerprint density at radius 2 is 1.86 bits per heavy atom. The first-order valence-corrected chi connectivity index (χ1v) is 7.60. The van der Waals surface area contributed by atoms with Crippen LogP contribution in [0, 0.1) is 0 Å². The molecular weight excluding hydrogens is 282 g/mol. The van der Waals surface area contributed by atoms with Crippen molar-refractivity contribution >= 4 is 23.3 Å². The van der Waals surface area contributed by atoms with Gasteiger partial charge in [-0.3, -0.25) is 18.9 Å². The number of rotatable bonds is 2. The van der Waals surface area contributed by atoms with E-state index in [9.17, 15) is 9.59 Å². The van der Waals surface area contributed by atoms with Gasteiger partial charge in [-0.05, 0) is 33.1 Å². The molecule has 3 rings (SSSR count). The van der Waals surface area contributed by atoms with Crippen molar-refractivity contribution in [3.05, 3.63) is 26.4 Å². The Balaban J connectivity index is 2.33. The number of aromatic amines is 1. The number of nitrogens with one attached hydrogen (secondary N) is 1. The van der Waals surface area contributed by atoms with Crippen LogP contribution < -0.4 is 16.1 Å². The second-order valence-corrected chi connectivity index (χ2v) is 6.03. The van der Waals surface area contributed by atoms with Gasteiger partial charge in [0.25, 0.3) is 5.56 Å². The first kappa shape index (κ1) is 14.6. The summed E-state index contributed by atoms with van der Waals surface area (Å²) in [6.07, 6.45) is 5.36. The highest BCUT2D eigenvalue weighted by atomic mass is 16.2. The van der Waals surface area contributed by atoms with Crippen LogP contribution in [-0.2, 0) is 7.05 Å². The number of aromatic nitrogens is 4. The van der Waals surface area contributed by atoms with Crippen LogP contribution in [0.15, 0.2) is 15.2 Å². The predicted octanol–water partition coefficient (Wildman–Crippen LogP) is 1.29. The van der Waals surface area contributed by atoms with Gasteiger partial charge in [0.05, 0.1) is 0 Å². The van der Waals surface area contributed by atoms with E-state index in [2.05, 4.69) is 14.9 Å². The number of H-pyrrole nitrogens is 1. The van der Waals surface area contributed by atoms with Crippen molar-refractivity contribution in [1.29, 1.82) is 0 Å². The summed E-state index contributed by atoms with van der Waals surface area (Å²) in [5.74, 6) is 0.739. The fraction of sp³-hybridized carbons (Fsp3) is 0.533. The molecule has 1 aliphatic rings. The molecule has 1 N–H and O–H groups in total. The van der Waals surface area contributed by atoms with Gasteiger partial charge in [-0.1, -0.05) is 5.57 Å². The number of imidazole rings is 1. The summed E-state index contributed by atoms with van der Waals surface area (Å²) in [4.78, 5) is 33.2. The Labute approximate surface area is 127 Å². The monoisotopic (exact) mass is 303 g/mol. The van der Waals surface area contributed by atoms with Gasteiger partial charge >= 0.3 is 5.69 Å². The molecule has 0 radical (unpaired) electrons. The smallest absolute Gasteiger partial charge is 0.329 e. The van der Waals surface area contributed by atoms with Crippen molar-refractivity contribution in [3.63, 3.8) is 0 Å². The lowest BCUT2D eigenvalue weighted by Crippen LogP contribution is -2.31. The summed E-state index contributed by atoms with van der Waals surface area (Å²) >= 11 is 0. The molecular formula is C15H21N5O2. The molecule has 1 fully saturated rings. The van der Waals surface area contributed by atoms with Crippen LogP contribution in [0.25, 0.3) is 17.4 Å². The van der Waals surface area contributed by atoms with E-state index in [1.807, 2.05) is 24.6 Å². The maximum absolute atomic E-state index is 12.3. The zero-order chi connectivity index (χ0) is 15.9. The number of hydrogen-bond donors (Lipinski definition) is 1. The quantitative estimate of drug-likeness (QED) is 0.907. The van der Waals surface area contributed by atoms with Crippen LogP contribution in [0.4, 0.5) is 5.95 Å². The Morgan fingerprint density at radius 3 is 2.50 bits per heavy atom. The summed E-state index contributed by atoms with van der Waals surface area (Å²) in [5, 5.41) is 0. The van der Waals surface area contributed by atoms with Gasteiger partial charge in [-0.2, -0.15) is 4.98 Å². The Morgan fingerprint density at radius 1 is 1.18 bits per heavy atom. The summed E-state index contributed by atoms with van der Waals surface area (Å²) in [5.41, 5.74) is 1.07. The number of aryl methyl sites for hydroxylation is 1. The number of anilines is 1. The van der Waals surface area contributed by atoms with Crippen LogP contribution in [0.1, 0.15) is 33.1 Å². The van der Waals surface area contributed by atoms with Crippen molar-refractivity contribution in [1.82, 2.24) is 19.1 Å². The molecule has 22 heavy (non-hydrogen) atoms. The number of fused-ring (bicyclic) bond motifs is 1. The lowest BCUT2D eigenvalue weighted by Gasteiger charge is -2.27. The minimum Gasteiger partial charge on any atom is -0.342 e. The van der Waals surface area contributed by atoms with Crippen molar-refractivity contribution in [2.75, 3.05) is 18.0 Å². The fourth-order valence-corrected chi connectivity index (χ4v) is 2.89. The highest BCUT2D eigenvalue weighted by Crippen LogP contribution is 2.23. The van der Waals surface area contributed by atoms with Gasteiger partial charge in [0, 0.05) is 26.3 Å². The van der Waals surface area contributed by atoms with Gasteiger partial charge in [-0.25, -0.2) is 4.79 Å². The van der Waals surface area contributed by atoms with Gasteiger partial charge in [0.1, 0.15) is 0 Å². The molecule has 0 spiro atoms. The molecule has 2 aromatic heterocycles. The van der Waals surface area contributed by atoms with E-state index >= 15 is 0 Å². The van der Waals surface area contributed by atoms with E-state index in [0.717, 1.165) is 37.5 Å². The Bertz CT molecular complexity index is 845. The minimum absolute atomic E-state index is 0.397. The average molecular weight is 303 g/mol. The summed E-state index contributed by atoms with van der Waals surface area (Å²) < 4.78 is 3.20. The number of allylic oxidation sites excluding steroid dienone is 1. The molecule has 0 unspecified atom stereocenters. The summed E-state index contributed by atoms with van der Waals surface area (Å²) in [6.45, 7) is 5.79. The Kier molecular flexibility index (Phi) is 3.64. The van der Waals surface area contributed by atoms with Crippen molar-refractivity contribution in [2.24, 2.45) is 7.05 Å². The molecule has 2 aromatic rings. The molecule has 1 saturated heterocycles. The van der Waals surface area contributed by atoms with E-state index < -0.39 is 11.2 Å². The zero-order valence-electron chi connectivity index (χ0n) is 13.2. The normalized spacial score (nSPS) is 15.3. The van der Waals surface area contributed by atoms with Crippen LogP contribution >= 0.6 is 0 Å². The summed E-state index contributed by atoms with van der Waals surface area (Å²) in [6, 6.07) is 0. The van der Waals surface area contributed by atoms with Crippen LogP contribution in [-0.4, -0.2) is 32.2 Å². The van der Waals surface area contributed by atoms with Crippen LogP contribution in [0.3, 0.4) is 0 Å². The number of piperidine rings is 1. The van der Waals surface area contributed by atoms with Gasteiger partial charge in [0.2, 0.25) is 5.95 Å². The topological polar surface area (TPSA) is 75.9 Å². The lowest BCUT2D eigenvalue weighted by molar-refractivity contribution is 0.567. The minimum atomic E-state index is -0.440. The zero-order valence-corrected chi connectivity index (χ0v) is 13.2. The van der Waals surface area contributed by atoms with Gasteiger partial charge in [0.15, 0.2) is 11.2 Å². The Hall–Kier alpha value is -2.31. The molecule has 0 aliphatic carbocycles. The van der Waals surface area contributed by atoms with Gasteiger partial charge < -0.3 is 4.90 Å². The number of hydrogen-bond acceptors (Lipinski definition) is 4. The van der Waals surface area contributed by atoms with Crippen molar-refractivity contribution < 1.29 is 0 Å². The fourth-order valence-electron chi connectivity index (χ4n) is 2.89. The third kappa shape index (κ3) is 2.36. The molecule has 0 saturated carbocycles. The predicted molar refractivity (Wildman–Crippen MR) is 87.3 cm³/mol. The molecule has 0 atom stereocenters. The lowest BCUT2D eigenvalue weighted by atomic mass is 10.1. The standard InChI is InChI=1S/C15H21N5O2/c1-10(2)9-20-11-12(18(3)15(22)17-13(11)21)16-14(20)19-7-5-4-6-8-19/h9H,4-8H2,1-3H3,(H,17,21,22). The second-order valence-electron chi connectivity index (χ2n) is 6.03. The van der Waals surface area contributed by atoms with E-state index in [-0.39, 0.29) is 0 Å². The maximum Gasteiger partial charge on any atom is 0.329 e. The molecule has 7 nitrogen and oxygen atoms in total. The molecule has 3 heterocycles. The molecule has 0 amide bonds. The van der Waals surface area contributed by atoms with E-state index in [1.54, 1.807) is 7.05 Å².